The topological polar surface area (TPSA) is 54.6 Å². The van der Waals surface area contributed by atoms with Crippen LogP contribution in [0.25, 0.3) is 0 Å². The maximum absolute atomic E-state index is 9.36. The van der Waals surface area contributed by atoms with Crippen molar-refractivity contribution in [2.45, 2.75) is 26.5 Å². The first-order chi connectivity index (χ1) is 9.24. The minimum atomic E-state index is -0.0417. The molecule has 2 N–H and O–H groups in total. The lowest BCUT2D eigenvalue weighted by atomic mass is 10.1. The molecule has 1 heterocycles. The molecule has 0 spiro atoms. The van der Waals surface area contributed by atoms with Gasteiger partial charge in [-0.1, -0.05) is 0 Å². The number of hydrogen-bond acceptors (Lipinski definition) is 4. The van der Waals surface area contributed by atoms with Gasteiger partial charge in [0.25, 0.3) is 0 Å². The second kappa shape index (κ2) is 6.29. The van der Waals surface area contributed by atoms with E-state index in [0.717, 1.165) is 22.8 Å². The largest absolute Gasteiger partial charge is 0.494 e. The van der Waals surface area contributed by atoms with Crippen molar-refractivity contribution in [3.05, 3.63) is 47.9 Å². The molecule has 19 heavy (non-hydrogen) atoms. The van der Waals surface area contributed by atoms with Gasteiger partial charge in [-0.2, -0.15) is 0 Å². The molecule has 1 aromatic heterocycles. The average Bonchev–Trinajstić information content (AvgIpc) is 2.94. The summed E-state index contributed by atoms with van der Waals surface area (Å²) in [4.78, 5) is 0. The Balaban J connectivity index is 2.12. The minimum absolute atomic E-state index is 0.0417. The highest BCUT2D eigenvalue weighted by Gasteiger charge is 2.09. The Kier molecular flexibility index (Phi) is 4.47. The van der Waals surface area contributed by atoms with Crippen molar-refractivity contribution in [1.82, 2.24) is 0 Å². The maximum atomic E-state index is 9.36. The molecule has 0 saturated heterocycles. The van der Waals surface area contributed by atoms with Gasteiger partial charge in [-0.15, -0.1) is 0 Å². The van der Waals surface area contributed by atoms with Crippen LogP contribution in [-0.4, -0.2) is 11.7 Å². The molecule has 4 nitrogen and oxygen atoms in total. The Morgan fingerprint density at radius 3 is 2.84 bits per heavy atom. The number of anilines is 1. The predicted molar refractivity (Wildman–Crippen MR) is 74.3 cm³/mol. The highest BCUT2D eigenvalue weighted by Crippen LogP contribution is 2.26. The van der Waals surface area contributed by atoms with Crippen LogP contribution >= 0.6 is 0 Å². The molecular weight excluding hydrogens is 242 g/mol. The second-order valence-corrected chi connectivity index (χ2v) is 4.30. The third kappa shape index (κ3) is 3.29. The number of aliphatic hydroxyl groups excluding tert-OH is 1. The smallest absolute Gasteiger partial charge is 0.125 e. The highest BCUT2D eigenvalue weighted by atomic mass is 16.5. The minimum Gasteiger partial charge on any atom is -0.494 e. The van der Waals surface area contributed by atoms with Gasteiger partial charge in [0.05, 0.1) is 25.5 Å². The quantitative estimate of drug-likeness (QED) is 0.837. The summed E-state index contributed by atoms with van der Waals surface area (Å²) in [5.41, 5.74) is 1.70. The SMILES string of the molecule is CCOc1ccc(NC(C)c2ccco2)cc1CO. The van der Waals surface area contributed by atoms with Crippen molar-refractivity contribution in [3.63, 3.8) is 0 Å². The standard InChI is InChI=1S/C15H19NO3/c1-3-18-15-7-6-13(9-12(15)10-17)16-11(2)14-5-4-8-19-14/h4-9,11,16-17H,3,10H2,1-2H3. The summed E-state index contributed by atoms with van der Waals surface area (Å²) < 4.78 is 10.8. The molecule has 0 saturated carbocycles. The Morgan fingerprint density at radius 1 is 1.37 bits per heavy atom. The summed E-state index contributed by atoms with van der Waals surface area (Å²) in [5, 5.41) is 12.7. The van der Waals surface area contributed by atoms with Crippen molar-refractivity contribution in [2.24, 2.45) is 0 Å². The lowest BCUT2D eigenvalue weighted by molar-refractivity contribution is 0.267. The van der Waals surface area contributed by atoms with Crippen LogP contribution in [-0.2, 0) is 6.61 Å². The lowest BCUT2D eigenvalue weighted by Gasteiger charge is -2.15. The normalized spacial score (nSPS) is 12.2. The monoisotopic (exact) mass is 261 g/mol. The van der Waals surface area contributed by atoms with Crippen molar-refractivity contribution in [1.29, 1.82) is 0 Å². The highest BCUT2D eigenvalue weighted by molar-refractivity contribution is 5.52. The average molecular weight is 261 g/mol. The van der Waals surface area contributed by atoms with Gasteiger partial charge in [0.1, 0.15) is 11.5 Å². The molecule has 1 aromatic carbocycles. The molecule has 0 aliphatic rings. The van der Waals surface area contributed by atoms with E-state index >= 15 is 0 Å². The first kappa shape index (κ1) is 13.5. The van der Waals surface area contributed by atoms with Gasteiger partial charge in [-0.3, -0.25) is 0 Å². The van der Waals surface area contributed by atoms with Crippen LogP contribution in [0.5, 0.6) is 5.75 Å². The third-order valence-corrected chi connectivity index (χ3v) is 2.88. The molecule has 0 bridgehead atoms. The Hall–Kier alpha value is -1.94. The Bertz CT molecular complexity index is 508. The van der Waals surface area contributed by atoms with E-state index in [1.165, 1.54) is 0 Å². The van der Waals surface area contributed by atoms with E-state index in [9.17, 15) is 5.11 Å². The van der Waals surface area contributed by atoms with Gasteiger partial charge in [-0.25, -0.2) is 0 Å². The molecule has 0 radical (unpaired) electrons. The molecule has 2 aromatic rings. The molecule has 0 aliphatic heterocycles. The van der Waals surface area contributed by atoms with E-state index in [4.69, 9.17) is 9.15 Å². The zero-order chi connectivity index (χ0) is 13.7. The molecule has 0 fully saturated rings. The fourth-order valence-electron chi connectivity index (χ4n) is 1.95. The van der Waals surface area contributed by atoms with Crippen molar-refractivity contribution in [3.8, 4) is 5.75 Å². The molecule has 4 heteroatoms. The number of ether oxygens (including phenoxy) is 1. The van der Waals surface area contributed by atoms with Crippen LogP contribution in [0.1, 0.15) is 31.2 Å². The first-order valence-corrected chi connectivity index (χ1v) is 6.41. The Labute approximate surface area is 113 Å². The summed E-state index contributed by atoms with van der Waals surface area (Å²) in [6, 6.07) is 9.56. The van der Waals surface area contributed by atoms with Crippen LogP contribution in [0.3, 0.4) is 0 Å². The van der Waals surface area contributed by atoms with Crippen LogP contribution in [0.4, 0.5) is 5.69 Å². The van der Waals surface area contributed by atoms with Gasteiger partial charge in [-0.05, 0) is 44.2 Å². The fourth-order valence-corrected chi connectivity index (χ4v) is 1.95. The van der Waals surface area contributed by atoms with E-state index in [2.05, 4.69) is 5.32 Å². The number of benzene rings is 1. The van der Waals surface area contributed by atoms with Crippen molar-refractivity contribution >= 4 is 5.69 Å². The first-order valence-electron chi connectivity index (χ1n) is 6.41. The zero-order valence-corrected chi connectivity index (χ0v) is 11.2. The van der Waals surface area contributed by atoms with E-state index in [1.807, 2.05) is 44.2 Å². The third-order valence-electron chi connectivity index (χ3n) is 2.88. The molecule has 0 amide bonds. The van der Waals surface area contributed by atoms with Crippen molar-refractivity contribution < 1.29 is 14.3 Å². The fraction of sp³-hybridized carbons (Fsp3) is 0.333. The Morgan fingerprint density at radius 2 is 2.21 bits per heavy atom. The number of aliphatic hydroxyl groups is 1. The molecule has 102 valence electrons. The van der Waals surface area contributed by atoms with Gasteiger partial charge in [0.2, 0.25) is 0 Å². The van der Waals surface area contributed by atoms with Gasteiger partial charge in [0.15, 0.2) is 0 Å². The maximum Gasteiger partial charge on any atom is 0.125 e. The van der Waals surface area contributed by atoms with Crippen molar-refractivity contribution in [2.75, 3.05) is 11.9 Å². The van der Waals surface area contributed by atoms with E-state index < -0.39 is 0 Å². The van der Waals surface area contributed by atoms with Crippen LogP contribution in [0, 0.1) is 0 Å². The summed E-state index contributed by atoms with van der Waals surface area (Å²) >= 11 is 0. The summed E-state index contributed by atoms with van der Waals surface area (Å²) in [6.45, 7) is 4.49. The van der Waals surface area contributed by atoms with Crippen LogP contribution < -0.4 is 10.1 Å². The van der Waals surface area contributed by atoms with E-state index in [1.54, 1.807) is 6.26 Å². The molecule has 2 rings (SSSR count). The predicted octanol–water partition coefficient (Wildman–Crippen LogP) is 3.34. The van der Waals surface area contributed by atoms with Crippen LogP contribution in [0.2, 0.25) is 0 Å². The van der Waals surface area contributed by atoms with Crippen LogP contribution in [0.15, 0.2) is 41.0 Å². The summed E-state index contributed by atoms with van der Waals surface area (Å²) in [5.74, 6) is 1.60. The molecule has 0 aliphatic carbocycles. The van der Waals surface area contributed by atoms with Gasteiger partial charge >= 0.3 is 0 Å². The van der Waals surface area contributed by atoms with E-state index in [0.29, 0.717) is 6.61 Å². The molecular formula is C15H19NO3. The van der Waals surface area contributed by atoms with E-state index in [-0.39, 0.29) is 12.6 Å². The number of nitrogens with one attached hydrogen (secondary N) is 1. The number of hydrogen-bond donors (Lipinski definition) is 2. The summed E-state index contributed by atoms with van der Waals surface area (Å²) in [7, 11) is 0. The summed E-state index contributed by atoms with van der Waals surface area (Å²) in [6.07, 6.45) is 1.66. The lowest BCUT2D eigenvalue weighted by Crippen LogP contribution is -2.06. The zero-order valence-electron chi connectivity index (χ0n) is 11.2. The molecule has 1 atom stereocenters. The van der Waals surface area contributed by atoms with Gasteiger partial charge in [0, 0.05) is 11.3 Å². The van der Waals surface area contributed by atoms with Gasteiger partial charge < -0.3 is 19.6 Å². The number of furan rings is 1. The second-order valence-electron chi connectivity index (χ2n) is 4.30. The number of rotatable bonds is 6. The molecule has 1 unspecified atom stereocenters.